The van der Waals surface area contributed by atoms with Gasteiger partial charge >= 0.3 is 5.97 Å². The summed E-state index contributed by atoms with van der Waals surface area (Å²) in [6.07, 6.45) is 3.61. The largest absolute Gasteiger partial charge is 0.468 e. The van der Waals surface area contributed by atoms with Crippen LogP contribution in [0.15, 0.2) is 0 Å². The molecule has 0 bridgehead atoms. The third-order valence-electron chi connectivity index (χ3n) is 3.87. The van der Waals surface area contributed by atoms with Crippen molar-refractivity contribution in [1.82, 2.24) is 9.21 Å². The number of carbonyl (C=O) groups excluding carboxylic acids is 1. The van der Waals surface area contributed by atoms with Crippen LogP contribution in [0.5, 0.6) is 0 Å². The Balaban J connectivity index is 2.22. The second-order valence-electron chi connectivity index (χ2n) is 5.87. The van der Waals surface area contributed by atoms with E-state index in [0.29, 0.717) is 19.5 Å². The van der Waals surface area contributed by atoms with E-state index in [1.807, 2.05) is 0 Å². The van der Waals surface area contributed by atoms with Crippen LogP contribution < -0.4 is 5.73 Å². The predicted octanol–water partition coefficient (Wildman–Crippen LogP) is -0.376. The molecule has 0 saturated carbocycles. The summed E-state index contributed by atoms with van der Waals surface area (Å²) in [5.74, 6) is -0.385. The summed E-state index contributed by atoms with van der Waals surface area (Å²) >= 11 is 0. The number of hydrogen-bond acceptors (Lipinski definition) is 6. The Labute approximate surface area is 127 Å². The maximum Gasteiger partial charge on any atom is 0.325 e. The van der Waals surface area contributed by atoms with Gasteiger partial charge in [-0.1, -0.05) is 0 Å². The fourth-order valence-electron chi connectivity index (χ4n) is 2.45. The minimum Gasteiger partial charge on any atom is -0.468 e. The second-order valence-corrected chi connectivity index (χ2v) is 7.85. The lowest BCUT2D eigenvalue weighted by molar-refractivity contribution is -0.146. The molecule has 0 aromatic rings. The number of hydrogen-bond donors (Lipinski definition) is 1. The van der Waals surface area contributed by atoms with Crippen LogP contribution in [0.4, 0.5) is 0 Å². The average molecular weight is 321 g/mol. The first-order chi connectivity index (χ1) is 9.66. The standard InChI is InChI=1S/C13H27N3O4S/c1-13(14,12(17)20-2)6-4-5-7-15-8-10-16(11-9-15)21(3,18)19/h4-11,14H2,1-3H3. The van der Waals surface area contributed by atoms with Crippen LogP contribution in [0.2, 0.25) is 0 Å². The van der Waals surface area contributed by atoms with Gasteiger partial charge in [0.2, 0.25) is 10.0 Å². The van der Waals surface area contributed by atoms with E-state index < -0.39 is 15.6 Å². The normalized spacial score (nSPS) is 21.0. The molecule has 2 N–H and O–H groups in total. The van der Waals surface area contributed by atoms with Gasteiger partial charge in [-0.15, -0.1) is 0 Å². The number of methoxy groups -OCH3 is 1. The predicted molar refractivity (Wildman–Crippen MR) is 81.3 cm³/mol. The lowest BCUT2D eigenvalue weighted by Gasteiger charge is -2.33. The number of rotatable bonds is 7. The third-order valence-corrected chi connectivity index (χ3v) is 5.18. The molecule has 1 unspecified atom stereocenters. The smallest absolute Gasteiger partial charge is 0.325 e. The van der Waals surface area contributed by atoms with Crippen molar-refractivity contribution in [3.8, 4) is 0 Å². The Hall–Kier alpha value is -0.700. The first kappa shape index (κ1) is 18.3. The summed E-state index contributed by atoms with van der Waals surface area (Å²) in [4.78, 5) is 13.7. The highest BCUT2D eigenvalue weighted by Gasteiger charge is 2.29. The Morgan fingerprint density at radius 3 is 2.29 bits per heavy atom. The van der Waals surface area contributed by atoms with Gasteiger partial charge in [0, 0.05) is 26.2 Å². The molecular weight excluding hydrogens is 294 g/mol. The van der Waals surface area contributed by atoms with E-state index in [0.717, 1.165) is 32.5 Å². The van der Waals surface area contributed by atoms with Crippen LogP contribution in [0.3, 0.4) is 0 Å². The quantitative estimate of drug-likeness (QED) is 0.508. The molecule has 8 heteroatoms. The van der Waals surface area contributed by atoms with Gasteiger partial charge in [-0.3, -0.25) is 4.79 Å². The average Bonchev–Trinajstić information content (AvgIpc) is 2.42. The maximum absolute atomic E-state index is 11.4. The minimum atomic E-state index is -3.07. The Morgan fingerprint density at radius 1 is 1.24 bits per heavy atom. The van der Waals surface area contributed by atoms with Crippen LogP contribution in [-0.2, 0) is 19.6 Å². The molecule has 0 spiro atoms. The van der Waals surface area contributed by atoms with Crippen molar-refractivity contribution in [2.45, 2.75) is 31.7 Å². The van der Waals surface area contributed by atoms with E-state index in [1.165, 1.54) is 17.7 Å². The maximum atomic E-state index is 11.4. The van der Waals surface area contributed by atoms with Gasteiger partial charge < -0.3 is 15.4 Å². The highest BCUT2D eigenvalue weighted by molar-refractivity contribution is 7.88. The summed E-state index contributed by atoms with van der Waals surface area (Å²) in [5, 5.41) is 0. The number of sulfonamides is 1. The van der Waals surface area contributed by atoms with Crippen LogP contribution in [0.1, 0.15) is 26.2 Å². The molecule has 0 aromatic heterocycles. The van der Waals surface area contributed by atoms with Gasteiger partial charge in [-0.25, -0.2) is 8.42 Å². The number of esters is 1. The molecule has 1 rings (SSSR count). The molecular formula is C13H27N3O4S. The fraction of sp³-hybridized carbons (Fsp3) is 0.923. The molecule has 1 aliphatic rings. The van der Waals surface area contributed by atoms with Crippen LogP contribution >= 0.6 is 0 Å². The van der Waals surface area contributed by atoms with Crippen LogP contribution in [0.25, 0.3) is 0 Å². The molecule has 21 heavy (non-hydrogen) atoms. The molecule has 0 aliphatic carbocycles. The minimum absolute atomic E-state index is 0.385. The molecule has 1 saturated heterocycles. The van der Waals surface area contributed by atoms with E-state index >= 15 is 0 Å². The highest BCUT2D eigenvalue weighted by atomic mass is 32.2. The van der Waals surface area contributed by atoms with Gasteiger partial charge in [-0.05, 0) is 32.7 Å². The van der Waals surface area contributed by atoms with Crippen molar-refractivity contribution in [3.05, 3.63) is 0 Å². The summed E-state index contributed by atoms with van der Waals surface area (Å²) in [5.41, 5.74) is 4.97. The fourth-order valence-corrected chi connectivity index (χ4v) is 3.27. The molecule has 0 aromatic carbocycles. The van der Waals surface area contributed by atoms with Gasteiger partial charge in [0.25, 0.3) is 0 Å². The first-order valence-corrected chi connectivity index (χ1v) is 9.06. The molecule has 0 amide bonds. The van der Waals surface area contributed by atoms with Gasteiger partial charge in [0.15, 0.2) is 0 Å². The summed E-state index contributed by atoms with van der Waals surface area (Å²) in [7, 11) is -1.73. The molecule has 1 heterocycles. The van der Waals surface area contributed by atoms with Gasteiger partial charge in [0.1, 0.15) is 5.54 Å². The van der Waals surface area contributed by atoms with Crippen molar-refractivity contribution in [2.24, 2.45) is 5.73 Å². The molecule has 0 radical (unpaired) electrons. The Morgan fingerprint density at radius 2 is 1.81 bits per heavy atom. The van der Waals surface area contributed by atoms with Crippen molar-refractivity contribution >= 4 is 16.0 Å². The van der Waals surface area contributed by atoms with E-state index in [-0.39, 0.29) is 5.97 Å². The summed E-state index contributed by atoms with van der Waals surface area (Å²) in [6, 6.07) is 0. The van der Waals surface area contributed by atoms with Crippen molar-refractivity contribution in [2.75, 3.05) is 46.1 Å². The topological polar surface area (TPSA) is 92.9 Å². The molecule has 7 nitrogen and oxygen atoms in total. The SMILES string of the molecule is COC(=O)C(C)(N)CCCCN1CCN(S(C)(=O)=O)CC1. The highest BCUT2D eigenvalue weighted by Crippen LogP contribution is 2.13. The van der Waals surface area contributed by atoms with Crippen molar-refractivity contribution < 1.29 is 17.9 Å². The van der Waals surface area contributed by atoms with Crippen molar-refractivity contribution in [3.63, 3.8) is 0 Å². The van der Waals surface area contributed by atoms with Crippen molar-refractivity contribution in [1.29, 1.82) is 0 Å². The number of nitrogens with two attached hydrogens (primary N) is 1. The van der Waals surface area contributed by atoms with E-state index in [4.69, 9.17) is 5.73 Å². The van der Waals surface area contributed by atoms with E-state index in [2.05, 4.69) is 9.64 Å². The molecule has 1 fully saturated rings. The van der Waals surface area contributed by atoms with Gasteiger partial charge in [-0.2, -0.15) is 4.31 Å². The zero-order chi connectivity index (χ0) is 16.1. The van der Waals surface area contributed by atoms with Gasteiger partial charge in [0.05, 0.1) is 13.4 Å². The lowest BCUT2D eigenvalue weighted by atomic mass is 9.96. The number of carbonyl (C=O) groups is 1. The Kier molecular flexibility index (Phi) is 6.58. The number of ether oxygens (including phenoxy) is 1. The first-order valence-electron chi connectivity index (χ1n) is 7.21. The monoisotopic (exact) mass is 321 g/mol. The van der Waals surface area contributed by atoms with E-state index in [9.17, 15) is 13.2 Å². The number of piperazine rings is 1. The van der Waals surface area contributed by atoms with Crippen LogP contribution in [-0.4, -0.2) is 75.2 Å². The number of unbranched alkanes of at least 4 members (excludes halogenated alkanes) is 1. The number of nitrogens with zero attached hydrogens (tertiary/aromatic N) is 2. The van der Waals surface area contributed by atoms with Crippen LogP contribution in [0, 0.1) is 0 Å². The molecule has 1 atom stereocenters. The van der Waals surface area contributed by atoms with E-state index in [1.54, 1.807) is 6.92 Å². The summed E-state index contributed by atoms with van der Waals surface area (Å²) in [6.45, 7) is 5.19. The second kappa shape index (κ2) is 7.53. The third kappa shape index (κ3) is 5.90. The summed E-state index contributed by atoms with van der Waals surface area (Å²) < 4.78 is 29.0. The zero-order valence-corrected chi connectivity index (χ0v) is 14.0. The zero-order valence-electron chi connectivity index (χ0n) is 13.2. The molecule has 1 aliphatic heterocycles. The molecule has 124 valence electrons. The lowest BCUT2D eigenvalue weighted by Crippen LogP contribution is -2.48. The Bertz CT molecular complexity index is 442.